The van der Waals surface area contributed by atoms with Gasteiger partial charge in [0.1, 0.15) is 5.60 Å². The molecule has 3 heterocycles. The number of oxazole rings is 1. The molecule has 6 nitrogen and oxygen atoms in total. The summed E-state index contributed by atoms with van der Waals surface area (Å²) in [6.45, 7) is 8.13. The first kappa shape index (κ1) is 22.2. The molecule has 0 aliphatic carbocycles. The van der Waals surface area contributed by atoms with Gasteiger partial charge < -0.3 is 14.1 Å². The van der Waals surface area contributed by atoms with E-state index in [1.165, 1.54) is 6.42 Å². The molecule has 1 amide bonds. The zero-order valence-corrected chi connectivity index (χ0v) is 19.4. The lowest BCUT2D eigenvalue weighted by Crippen LogP contribution is -2.53. The average molecular weight is 446 g/mol. The number of halogens is 1. The Morgan fingerprint density at radius 2 is 1.94 bits per heavy atom. The average Bonchev–Trinajstić information content (AvgIpc) is 3.37. The van der Waals surface area contributed by atoms with Crippen LogP contribution in [0.1, 0.15) is 58.8 Å². The second-order valence-corrected chi connectivity index (χ2v) is 9.92. The summed E-state index contributed by atoms with van der Waals surface area (Å²) in [6, 6.07) is 8.10. The summed E-state index contributed by atoms with van der Waals surface area (Å²) < 4.78 is 11.7. The third-order valence-corrected chi connectivity index (χ3v) is 6.40. The van der Waals surface area contributed by atoms with Gasteiger partial charge in [-0.15, -0.1) is 0 Å². The standard InChI is InChI=1S/C24H32ClN3O3/c1-24(2,3)31-23(29)28-14-8-12-20(28)19-11-6-7-13-27(19)16-22-26-15-21(30-22)17-9-4-5-10-18(17)25/h4-5,9-10,15,19-20H,6-8,11-14,16H2,1-3H3/t19-,20-/m1/s1. The maximum absolute atomic E-state index is 12.8. The Kier molecular flexibility index (Phi) is 6.58. The number of amides is 1. The summed E-state index contributed by atoms with van der Waals surface area (Å²) in [5.41, 5.74) is 0.369. The van der Waals surface area contributed by atoms with Crippen LogP contribution in [0.2, 0.25) is 5.02 Å². The quantitative estimate of drug-likeness (QED) is 0.599. The number of carbonyl (C=O) groups excluding carboxylic acids is 1. The van der Waals surface area contributed by atoms with E-state index in [2.05, 4.69) is 9.88 Å². The monoisotopic (exact) mass is 445 g/mol. The van der Waals surface area contributed by atoms with Crippen LogP contribution in [-0.2, 0) is 11.3 Å². The molecule has 2 aliphatic heterocycles. The first-order valence-electron chi connectivity index (χ1n) is 11.2. The van der Waals surface area contributed by atoms with Gasteiger partial charge in [0.15, 0.2) is 5.76 Å². The minimum atomic E-state index is -0.482. The topological polar surface area (TPSA) is 58.8 Å². The highest BCUT2D eigenvalue weighted by Gasteiger charge is 2.40. The molecule has 0 N–H and O–H groups in total. The molecule has 0 unspecified atom stereocenters. The van der Waals surface area contributed by atoms with Crippen LogP contribution in [0.4, 0.5) is 4.79 Å². The molecule has 4 rings (SSSR count). The summed E-state index contributed by atoms with van der Waals surface area (Å²) in [5.74, 6) is 1.37. The van der Waals surface area contributed by atoms with E-state index in [-0.39, 0.29) is 12.1 Å². The van der Waals surface area contributed by atoms with E-state index in [0.29, 0.717) is 29.3 Å². The molecule has 0 saturated carbocycles. The highest BCUT2D eigenvalue weighted by atomic mass is 35.5. The molecular formula is C24H32ClN3O3. The van der Waals surface area contributed by atoms with Gasteiger partial charge in [-0.25, -0.2) is 9.78 Å². The molecule has 1 aromatic carbocycles. The van der Waals surface area contributed by atoms with Crippen LogP contribution in [0.5, 0.6) is 0 Å². The fourth-order valence-corrected chi connectivity index (χ4v) is 4.96. The van der Waals surface area contributed by atoms with Crippen LogP contribution < -0.4 is 0 Å². The summed E-state index contributed by atoms with van der Waals surface area (Å²) in [4.78, 5) is 21.7. The molecule has 2 aliphatic rings. The van der Waals surface area contributed by atoms with E-state index in [0.717, 1.165) is 44.3 Å². The summed E-state index contributed by atoms with van der Waals surface area (Å²) in [7, 11) is 0. The second kappa shape index (κ2) is 9.21. The number of piperidine rings is 1. The lowest BCUT2D eigenvalue weighted by atomic mass is 9.94. The minimum Gasteiger partial charge on any atom is -0.444 e. The Morgan fingerprint density at radius 3 is 2.71 bits per heavy atom. The molecule has 2 fully saturated rings. The summed E-state index contributed by atoms with van der Waals surface area (Å²) >= 11 is 6.31. The third-order valence-electron chi connectivity index (χ3n) is 6.07. The van der Waals surface area contributed by atoms with Crippen molar-refractivity contribution < 1.29 is 13.9 Å². The lowest BCUT2D eigenvalue weighted by molar-refractivity contribution is 0.00541. The number of nitrogens with zero attached hydrogens (tertiary/aromatic N) is 3. The van der Waals surface area contributed by atoms with Crippen LogP contribution >= 0.6 is 11.6 Å². The molecule has 0 bridgehead atoms. The Balaban J connectivity index is 1.48. The molecule has 0 spiro atoms. The first-order chi connectivity index (χ1) is 14.8. The van der Waals surface area contributed by atoms with Crippen molar-refractivity contribution in [3.05, 3.63) is 41.4 Å². The van der Waals surface area contributed by atoms with Crippen molar-refractivity contribution in [2.45, 2.75) is 77.1 Å². The maximum atomic E-state index is 12.8. The van der Waals surface area contributed by atoms with Crippen LogP contribution in [-0.4, -0.2) is 51.7 Å². The fraction of sp³-hybridized carbons (Fsp3) is 0.583. The SMILES string of the molecule is CC(C)(C)OC(=O)N1CCC[C@@H]1[C@H]1CCCCN1Cc1ncc(-c2ccccc2Cl)o1. The van der Waals surface area contributed by atoms with E-state index in [1.807, 2.05) is 49.9 Å². The Hall–Kier alpha value is -2.05. The van der Waals surface area contributed by atoms with Crippen LogP contribution in [0.25, 0.3) is 11.3 Å². The molecule has 2 saturated heterocycles. The molecule has 2 atom stereocenters. The van der Waals surface area contributed by atoms with Gasteiger partial charge in [0.05, 0.1) is 23.8 Å². The Bertz CT molecular complexity index is 907. The third kappa shape index (κ3) is 5.24. The van der Waals surface area contributed by atoms with Gasteiger partial charge in [0.2, 0.25) is 5.89 Å². The van der Waals surface area contributed by atoms with Gasteiger partial charge in [-0.3, -0.25) is 4.90 Å². The molecule has 2 aromatic rings. The zero-order valence-electron chi connectivity index (χ0n) is 18.6. The predicted molar refractivity (Wildman–Crippen MR) is 121 cm³/mol. The maximum Gasteiger partial charge on any atom is 0.410 e. The number of rotatable bonds is 4. The normalized spacial score (nSPS) is 22.6. The molecule has 31 heavy (non-hydrogen) atoms. The number of carbonyl (C=O) groups is 1. The summed E-state index contributed by atoms with van der Waals surface area (Å²) in [6.07, 6.45) is 6.97. The van der Waals surface area contributed by atoms with Gasteiger partial charge in [-0.05, 0) is 65.1 Å². The number of ether oxygens (including phenoxy) is 1. The van der Waals surface area contributed by atoms with Gasteiger partial charge in [0, 0.05) is 18.2 Å². The van der Waals surface area contributed by atoms with Crippen molar-refractivity contribution in [2.75, 3.05) is 13.1 Å². The fourth-order valence-electron chi connectivity index (χ4n) is 4.73. The van der Waals surface area contributed by atoms with Crippen molar-refractivity contribution in [1.82, 2.24) is 14.8 Å². The Morgan fingerprint density at radius 1 is 1.16 bits per heavy atom. The second-order valence-electron chi connectivity index (χ2n) is 9.52. The first-order valence-corrected chi connectivity index (χ1v) is 11.6. The molecule has 168 valence electrons. The number of aromatic nitrogens is 1. The van der Waals surface area contributed by atoms with Gasteiger partial charge >= 0.3 is 6.09 Å². The van der Waals surface area contributed by atoms with Crippen LogP contribution in [0, 0.1) is 0 Å². The van der Waals surface area contributed by atoms with Crippen molar-refractivity contribution >= 4 is 17.7 Å². The predicted octanol–water partition coefficient (Wildman–Crippen LogP) is 5.75. The van der Waals surface area contributed by atoms with E-state index in [4.69, 9.17) is 20.8 Å². The van der Waals surface area contributed by atoms with Crippen LogP contribution in [0.15, 0.2) is 34.9 Å². The highest BCUT2D eigenvalue weighted by molar-refractivity contribution is 6.33. The number of benzene rings is 1. The number of hydrogen-bond donors (Lipinski definition) is 0. The van der Waals surface area contributed by atoms with Gasteiger partial charge in [0.25, 0.3) is 0 Å². The zero-order chi connectivity index (χ0) is 22.0. The number of hydrogen-bond acceptors (Lipinski definition) is 5. The largest absolute Gasteiger partial charge is 0.444 e. The van der Waals surface area contributed by atoms with Gasteiger partial charge in [-0.2, -0.15) is 0 Å². The van der Waals surface area contributed by atoms with Crippen molar-refractivity contribution in [1.29, 1.82) is 0 Å². The smallest absolute Gasteiger partial charge is 0.410 e. The summed E-state index contributed by atoms with van der Waals surface area (Å²) in [5, 5.41) is 0.653. The minimum absolute atomic E-state index is 0.174. The van der Waals surface area contributed by atoms with Crippen molar-refractivity contribution in [3.8, 4) is 11.3 Å². The molecule has 7 heteroatoms. The van der Waals surface area contributed by atoms with E-state index in [1.54, 1.807) is 6.20 Å². The van der Waals surface area contributed by atoms with E-state index in [9.17, 15) is 4.79 Å². The van der Waals surface area contributed by atoms with Crippen LogP contribution in [0.3, 0.4) is 0 Å². The molecule has 1 aromatic heterocycles. The van der Waals surface area contributed by atoms with Crippen molar-refractivity contribution in [2.24, 2.45) is 0 Å². The number of likely N-dealkylation sites (tertiary alicyclic amines) is 2. The lowest BCUT2D eigenvalue weighted by Gasteiger charge is -2.41. The molecule has 0 radical (unpaired) electrons. The highest BCUT2D eigenvalue weighted by Crippen LogP contribution is 2.33. The Labute approximate surface area is 189 Å². The molecular weight excluding hydrogens is 414 g/mol. The van der Waals surface area contributed by atoms with Crippen molar-refractivity contribution in [3.63, 3.8) is 0 Å². The van der Waals surface area contributed by atoms with E-state index >= 15 is 0 Å². The van der Waals surface area contributed by atoms with E-state index < -0.39 is 5.60 Å². The van der Waals surface area contributed by atoms with Gasteiger partial charge in [-0.1, -0.05) is 30.2 Å².